The van der Waals surface area contributed by atoms with E-state index in [2.05, 4.69) is 56.6 Å². The van der Waals surface area contributed by atoms with Crippen molar-refractivity contribution in [1.29, 1.82) is 0 Å². The van der Waals surface area contributed by atoms with Gasteiger partial charge < -0.3 is 4.90 Å². The largest absolute Gasteiger partial charge is 0.339 e. The third-order valence-corrected chi connectivity index (χ3v) is 5.09. The van der Waals surface area contributed by atoms with Gasteiger partial charge in [0.2, 0.25) is 5.95 Å². The highest BCUT2D eigenvalue weighted by molar-refractivity contribution is 6.30. The maximum absolute atomic E-state index is 6.15. The Morgan fingerprint density at radius 1 is 1.00 bits per heavy atom. The van der Waals surface area contributed by atoms with Gasteiger partial charge in [0.25, 0.3) is 0 Å². The molecule has 0 bridgehead atoms. The van der Waals surface area contributed by atoms with Gasteiger partial charge in [-0.25, -0.2) is 4.98 Å². The maximum Gasteiger partial charge on any atom is 0.210 e. The predicted octanol–water partition coefficient (Wildman–Crippen LogP) is 4.16. The van der Waals surface area contributed by atoms with Gasteiger partial charge in [-0.05, 0) is 30.7 Å². The smallest absolute Gasteiger partial charge is 0.210 e. The number of nitrogens with zero attached hydrogens (tertiary/aromatic N) is 4. The lowest BCUT2D eigenvalue weighted by atomic mass is 10.1. The average molecular weight is 367 g/mol. The molecule has 4 rings (SSSR count). The van der Waals surface area contributed by atoms with Gasteiger partial charge in [-0.15, -0.1) is 0 Å². The maximum atomic E-state index is 6.15. The summed E-state index contributed by atoms with van der Waals surface area (Å²) in [6, 6.07) is 16.7. The first kappa shape index (κ1) is 17.1. The summed E-state index contributed by atoms with van der Waals surface area (Å²) in [6.07, 6.45) is 3.86. The zero-order valence-electron chi connectivity index (χ0n) is 15.0. The number of piperazine rings is 1. The first-order valence-electron chi connectivity index (χ1n) is 9.01. The van der Waals surface area contributed by atoms with E-state index >= 15 is 0 Å². The molecule has 0 amide bonds. The molecule has 0 unspecified atom stereocenters. The Morgan fingerprint density at radius 2 is 1.81 bits per heavy atom. The molecule has 26 heavy (non-hydrogen) atoms. The van der Waals surface area contributed by atoms with Crippen LogP contribution in [0.5, 0.6) is 0 Å². The number of halogens is 1. The summed E-state index contributed by atoms with van der Waals surface area (Å²) in [5.74, 6) is 0.988. The van der Waals surface area contributed by atoms with Gasteiger partial charge in [0.05, 0.1) is 0 Å². The minimum absolute atomic E-state index is 0.741. The van der Waals surface area contributed by atoms with Crippen LogP contribution in [0.3, 0.4) is 0 Å². The van der Waals surface area contributed by atoms with Crippen LogP contribution in [0.2, 0.25) is 5.02 Å². The van der Waals surface area contributed by atoms with Gasteiger partial charge in [-0.1, -0.05) is 47.5 Å². The number of imidazole rings is 1. The average Bonchev–Trinajstić information content (AvgIpc) is 3.12. The second-order valence-corrected chi connectivity index (χ2v) is 7.27. The molecule has 2 aromatic carbocycles. The van der Waals surface area contributed by atoms with Gasteiger partial charge in [-0.2, -0.15) is 0 Å². The molecule has 0 radical (unpaired) electrons. The van der Waals surface area contributed by atoms with E-state index in [0.717, 1.165) is 49.4 Å². The Kier molecular flexibility index (Phi) is 4.96. The molecule has 4 nitrogen and oxygen atoms in total. The highest BCUT2D eigenvalue weighted by Gasteiger charge is 2.21. The summed E-state index contributed by atoms with van der Waals surface area (Å²) >= 11 is 6.15. The van der Waals surface area contributed by atoms with Gasteiger partial charge in [0.15, 0.2) is 0 Å². The third kappa shape index (κ3) is 3.76. The molecule has 1 aliphatic rings. The number of hydrogen-bond donors (Lipinski definition) is 0. The first-order chi connectivity index (χ1) is 12.7. The van der Waals surface area contributed by atoms with E-state index < -0.39 is 0 Å². The van der Waals surface area contributed by atoms with E-state index in [4.69, 9.17) is 11.6 Å². The summed E-state index contributed by atoms with van der Waals surface area (Å²) in [6.45, 7) is 7.19. The normalized spacial score (nSPS) is 15.4. The lowest BCUT2D eigenvalue weighted by molar-refractivity contribution is 0.248. The van der Waals surface area contributed by atoms with Crippen LogP contribution >= 0.6 is 11.6 Å². The molecule has 3 aromatic rings. The minimum Gasteiger partial charge on any atom is -0.339 e. The minimum atomic E-state index is 0.741. The van der Waals surface area contributed by atoms with Gasteiger partial charge in [0.1, 0.15) is 0 Å². The first-order valence-corrected chi connectivity index (χ1v) is 9.39. The summed E-state index contributed by atoms with van der Waals surface area (Å²) in [7, 11) is 0. The standard InChI is InChI=1S/C21H23ClN4/c1-17-4-2-5-18(14-17)16-24-10-12-25(13-11-24)21-23-8-9-26(21)20-7-3-6-19(22)15-20/h2-9,14-15H,10-13,16H2,1H3. The van der Waals surface area contributed by atoms with Gasteiger partial charge in [-0.3, -0.25) is 9.47 Å². The van der Waals surface area contributed by atoms with E-state index in [1.807, 2.05) is 30.6 Å². The number of rotatable bonds is 4. The Labute approximate surface area is 159 Å². The number of anilines is 1. The second-order valence-electron chi connectivity index (χ2n) is 6.83. The molecule has 1 aliphatic heterocycles. The van der Waals surface area contributed by atoms with Gasteiger partial charge >= 0.3 is 0 Å². The van der Waals surface area contributed by atoms with Crippen LogP contribution < -0.4 is 4.90 Å². The van der Waals surface area contributed by atoms with Crippen molar-refractivity contribution in [2.24, 2.45) is 0 Å². The monoisotopic (exact) mass is 366 g/mol. The van der Waals surface area contributed by atoms with Crippen molar-refractivity contribution in [3.05, 3.63) is 77.1 Å². The van der Waals surface area contributed by atoms with E-state index in [1.54, 1.807) is 0 Å². The SMILES string of the molecule is Cc1cccc(CN2CCN(c3nccn3-c3cccc(Cl)c3)CC2)c1. The Hall–Kier alpha value is -2.30. The molecule has 0 saturated carbocycles. The topological polar surface area (TPSA) is 24.3 Å². The van der Waals surface area contributed by atoms with Crippen molar-refractivity contribution in [2.45, 2.75) is 13.5 Å². The van der Waals surface area contributed by atoms with E-state index in [0.29, 0.717) is 0 Å². The Balaban J connectivity index is 1.43. The zero-order chi connectivity index (χ0) is 17.9. The number of aromatic nitrogens is 2. The third-order valence-electron chi connectivity index (χ3n) is 4.85. The fraction of sp³-hybridized carbons (Fsp3) is 0.286. The van der Waals surface area contributed by atoms with Crippen molar-refractivity contribution in [2.75, 3.05) is 31.1 Å². The summed E-state index contributed by atoms with van der Waals surface area (Å²) < 4.78 is 2.11. The van der Waals surface area contributed by atoms with E-state index in [-0.39, 0.29) is 0 Å². The van der Waals surface area contributed by atoms with Crippen LogP contribution in [0.25, 0.3) is 5.69 Å². The van der Waals surface area contributed by atoms with Crippen LogP contribution in [0.15, 0.2) is 60.9 Å². The summed E-state index contributed by atoms with van der Waals surface area (Å²) in [5.41, 5.74) is 3.76. The van der Waals surface area contributed by atoms with Crippen LogP contribution in [0.4, 0.5) is 5.95 Å². The van der Waals surface area contributed by atoms with E-state index in [9.17, 15) is 0 Å². The number of benzene rings is 2. The number of aryl methyl sites for hydroxylation is 1. The van der Waals surface area contributed by atoms with Crippen LogP contribution in [0.1, 0.15) is 11.1 Å². The molecule has 2 heterocycles. The molecule has 1 aromatic heterocycles. The predicted molar refractivity (Wildman–Crippen MR) is 107 cm³/mol. The highest BCUT2D eigenvalue weighted by atomic mass is 35.5. The van der Waals surface area contributed by atoms with Crippen molar-refractivity contribution in [3.63, 3.8) is 0 Å². The molecule has 5 heteroatoms. The Bertz CT molecular complexity index is 881. The number of hydrogen-bond acceptors (Lipinski definition) is 3. The highest BCUT2D eigenvalue weighted by Crippen LogP contribution is 2.22. The molecule has 0 spiro atoms. The van der Waals surface area contributed by atoms with E-state index in [1.165, 1.54) is 11.1 Å². The van der Waals surface area contributed by atoms with Crippen molar-refractivity contribution in [1.82, 2.24) is 14.5 Å². The van der Waals surface area contributed by atoms with Crippen LogP contribution in [-0.4, -0.2) is 40.6 Å². The zero-order valence-corrected chi connectivity index (χ0v) is 15.7. The van der Waals surface area contributed by atoms with Crippen molar-refractivity contribution >= 4 is 17.5 Å². The van der Waals surface area contributed by atoms with Crippen molar-refractivity contribution < 1.29 is 0 Å². The van der Waals surface area contributed by atoms with Crippen LogP contribution in [-0.2, 0) is 6.54 Å². The molecule has 0 aliphatic carbocycles. The molecule has 1 fully saturated rings. The van der Waals surface area contributed by atoms with Gasteiger partial charge in [0, 0.05) is 55.8 Å². The lowest BCUT2D eigenvalue weighted by Crippen LogP contribution is -2.46. The Morgan fingerprint density at radius 3 is 2.58 bits per heavy atom. The molecule has 134 valence electrons. The molecular weight excluding hydrogens is 344 g/mol. The molecule has 0 atom stereocenters. The summed E-state index contributed by atoms with van der Waals surface area (Å²) in [5, 5.41) is 0.741. The quantitative estimate of drug-likeness (QED) is 0.693. The van der Waals surface area contributed by atoms with Crippen LogP contribution in [0, 0.1) is 6.92 Å². The van der Waals surface area contributed by atoms with Crippen molar-refractivity contribution in [3.8, 4) is 5.69 Å². The molecular formula is C21H23ClN4. The second kappa shape index (κ2) is 7.52. The fourth-order valence-corrected chi connectivity index (χ4v) is 3.72. The summed E-state index contributed by atoms with van der Waals surface area (Å²) in [4.78, 5) is 9.46. The molecule has 0 N–H and O–H groups in total. The lowest BCUT2D eigenvalue weighted by Gasteiger charge is -2.35. The fourth-order valence-electron chi connectivity index (χ4n) is 3.53. The molecule has 1 saturated heterocycles.